The highest BCUT2D eigenvalue weighted by Crippen LogP contribution is 2.32. The summed E-state index contributed by atoms with van der Waals surface area (Å²) in [6, 6.07) is 2.01. The zero-order valence-corrected chi connectivity index (χ0v) is 9.13. The summed E-state index contributed by atoms with van der Waals surface area (Å²) < 4.78 is 0. The van der Waals surface area contributed by atoms with E-state index in [4.69, 9.17) is 0 Å². The number of H-pyrrole nitrogens is 1. The maximum Gasteiger partial charge on any atom is 0.108 e. The van der Waals surface area contributed by atoms with Gasteiger partial charge in [0.1, 0.15) is 5.82 Å². The van der Waals surface area contributed by atoms with Crippen molar-refractivity contribution >= 4 is 32.7 Å². The van der Waals surface area contributed by atoms with Gasteiger partial charge in [0.05, 0.1) is 10.5 Å². The van der Waals surface area contributed by atoms with E-state index in [9.17, 15) is 0 Å². The van der Waals surface area contributed by atoms with Crippen LogP contribution in [0.5, 0.6) is 0 Å². The topological polar surface area (TPSA) is 40.7 Å². The third-order valence-corrected chi connectivity index (χ3v) is 3.34. The molecule has 0 fully saturated rings. The number of aromatic nitrogens is 2. The minimum Gasteiger partial charge on any atom is -0.359 e. The molecule has 0 saturated heterocycles. The van der Waals surface area contributed by atoms with Crippen LogP contribution in [-0.2, 0) is 6.42 Å². The van der Waals surface area contributed by atoms with Crippen molar-refractivity contribution < 1.29 is 0 Å². The fourth-order valence-electron chi connectivity index (χ4n) is 1.97. The zero-order valence-electron chi connectivity index (χ0n) is 7.55. The quantitative estimate of drug-likeness (QED) is 0.559. The monoisotopic (exact) mass is 251 g/mol. The lowest BCUT2D eigenvalue weighted by molar-refractivity contribution is 0.800. The SMILES string of the molecule is BrC1CCc2c([nH]c3ccncc23)N1. The Morgan fingerprint density at radius 2 is 2.43 bits per heavy atom. The first-order valence-corrected chi connectivity index (χ1v) is 5.61. The van der Waals surface area contributed by atoms with Crippen LogP contribution in [0.4, 0.5) is 5.82 Å². The van der Waals surface area contributed by atoms with Gasteiger partial charge in [-0.3, -0.25) is 4.98 Å². The highest BCUT2D eigenvalue weighted by molar-refractivity contribution is 9.09. The van der Waals surface area contributed by atoms with Gasteiger partial charge in [-0.05, 0) is 18.9 Å². The van der Waals surface area contributed by atoms with E-state index in [-0.39, 0.29) is 0 Å². The van der Waals surface area contributed by atoms with Crippen LogP contribution < -0.4 is 5.32 Å². The standard InChI is InChI=1S/C10H10BrN3/c11-9-2-1-6-7-5-12-4-3-8(7)13-10(6)14-9/h3-5,9,13-14H,1-2H2. The third kappa shape index (κ3) is 1.14. The Bertz CT molecular complexity index is 477. The molecule has 0 saturated carbocycles. The van der Waals surface area contributed by atoms with Gasteiger partial charge in [-0.1, -0.05) is 15.9 Å². The number of nitrogens with one attached hydrogen (secondary N) is 2. The molecule has 3 nitrogen and oxygen atoms in total. The van der Waals surface area contributed by atoms with E-state index in [1.807, 2.05) is 18.5 Å². The molecule has 1 atom stereocenters. The van der Waals surface area contributed by atoms with Gasteiger partial charge in [-0.2, -0.15) is 0 Å². The van der Waals surface area contributed by atoms with E-state index in [1.165, 1.54) is 16.5 Å². The highest BCUT2D eigenvalue weighted by Gasteiger charge is 2.19. The number of nitrogens with zero attached hydrogens (tertiary/aromatic N) is 1. The molecule has 0 amide bonds. The fourth-order valence-corrected chi connectivity index (χ4v) is 2.43. The van der Waals surface area contributed by atoms with E-state index in [1.54, 1.807) is 0 Å². The molecule has 2 aromatic rings. The average Bonchev–Trinajstić information content (AvgIpc) is 2.54. The van der Waals surface area contributed by atoms with Gasteiger partial charge in [0.2, 0.25) is 0 Å². The van der Waals surface area contributed by atoms with Gasteiger partial charge in [0.25, 0.3) is 0 Å². The molecule has 0 spiro atoms. The summed E-state index contributed by atoms with van der Waals surface area (Å²) in [5.74, 6) is 1.14. The molecule has 0 bridgehead atoms. The largest absolute Gasteiger partial charge is 0.359 e. The Morgan fingerprint density at radius 3 is 3.36 bits per heavy atom. The van der Waals surface area contributed by atoms with Crippen LogP contribution in [0.15, 0.2) is 18.5 Å². The molecule has 0 radical (unpaired) electrons. The Hall–Kier alpha value is -1.03. The summed E-state index contributed by atoms with van der Waals surface area (Å²) >= 11 is 3.57. The smallest absolute Gasteiger partial charge is 0.108 e. The number of rotatable bonds is 0. The number of pyridine rings is 1. The van der Waals surface area contributed by atoms with Crippen LogP contribution in [0.25, 0.3) is 10.9 Å². The van der Waals surface area contributed by atoms with Crippen LogP contribution in [-0.4, -0.2) is 14.9 Å². The lowest BCUT2D eigenvalue weighted by Crippen LogP contribution is -2.18. The molecule has 72 valence electrons. The average molecular weight is 252 g/mol. The van der Waals surface area contributed by atoms with Gasteiger partial charge in [0, 0.05) is 23.3 Å². The molecule has 14 heavy (non-hydrogen) atoms. The number of aryl methyl sites for hydroxylation is 1. The van der Waals surface area contributed by atoms with Crippen molar-refractivity contribution in [2.45, 2.75) is 17.8 Å². The van der Waals surface area contributed by atoms with Crippen molar-refractivity contribution in [1.29, 1.82) is 0 Å². The van der Waals surface area contributed by atoms with Crippen molar-refractivity contribution in [1.82, 2.24) is 9.97 Å². The van der Waals surface area contributed by atoms with Crippen LogP contribution in [0.2, 0.25) is 0 Å². The number of hydrogen-bond acceptors (Lipinski definition) is 2. The Kier molecular flexibility index (Phi) is 1.77. The fraction of sp³-hybridized carbons (Fsp3) is 0.300. The molecule has 1 aliphatic heterocycles. The first-order chi connectivity index (χ1) is 6.84. The molecule has 3 heterocycles. The maximum atomic E-state index is 4.15. The molecule has 2 aromatic heterocycles. The normalized spacial score (nSPS) is 20.5. The summed E-state index contributed by atoms with van der Waals surface area (Å²) in [5, 5.41) is 4.63. The zero-order chi connectivity index (χ0) is 9.54. The number of fused-ring (bicyclic) bond motifs is 3. The molecule has 1 aliphatic rings. The second kappa shape index (κ2) is 2.98. The predicted octanol–water partition coefficient (Wildman–Crippen LogP) is 2.64. The van der Waals surface area contributed by atoms with Gasteiger partial charge in [0.15, 0.2) is 0 Å². The Labute approximate surface area is 90.0 Å². The first kappa shape index (κ1) is 8.29. The molecule has 2 N–H and O–H groups in total. The molecular weight excluding hydrogens is 242 g/mol. The molecule has 0 aliphatic carbocycles. The summed E-state index contributed by atoms with van der Waals surface area (Å²) in [7, 11) is 0. The predicted molar refractivity (Wildman–Crippen MR) is 60.8 cm³/mol. The first-order valence-electron chi connectivity index (χ1n) is 4.70. The van der Waals surface area contributed by atoms with Crippen molar-refractivity contribution in [3.8, 4) is 0 Å². The van der Waals surface area contributed by atoms with Gasteiger partial charge in [-0.15, -0.1) is 0 Å². The van der Waals surface area contributed by atoms with Crippen molar-refractivity contribution in [3.05, 3.63) is 24.0 Å². The summed E-state index contributed by atoms with van der Waals surface area (Å²) in [5.41, 5.74) is 2.53. The summed E-state index contributed by atoms with van der Waals surface area (Å²) in [6.07, 6.45) is 5.97. The van der Waals surface area contributed by atoms with E-state index >= 15 is 0 Å². The molecule has 1 unspecified atom stereocenters. The minimum absolute atomic E-state index is 0.385. The Balaban J connectivity index is 2.24. The number of hydrogen-bond donors (Lipinski definition) is 2. The second-order valence-corrected chi connectivity index (χ2v) is 4.66. The van der Waals surface area contributed by atoms with Crippen molar-refractivity contribution in [2.24, 2.45) is 0 Å². The molecule has 0 aromatic carbocycles. The van der Waals surface area contributed by atoms with Crippen molar-refractivity contribution in [3.63, 3.8) is 0 Å². The van der Waals surface area contributed by atoms with Gasteiger partial charge in [-0.25, -0.2) is 0 Å². The third-order valence-electron chi connectivity index (χ3n) is 2.66. The Morgan fingerprint density at radius 1 is 1.50 bits per heavy atom. The van der Waals surface area contributed by atoms with E-state index in [0.717, 1.165) is 18.7 Å². The van der Waals surface area contributed by atoms with Crippen LogP contribution in [0, 0.1) is 0 Å². The van der Waals surface area contributed by atoms with Crippen LogP contribution in [0.1, 0.15) is 12.0 Å². The minimum atomic E-state index is 0.385. The summed E-state index contributed by atoms with van der Waals surface area (Å²) in [4.78, 5) is 7.90. The van der Waals surface area contributed by atoms with E-state index < -0.39 is 0 Å². The maximum absolute atomic E-state index is 4.15. The van der Waals surface area contributed by atoms with E-state index in [0.29, 0.717) is 4.95 Å². The lowest BCUT2D eigenvalue weighted by Gasteiger charge is -2.19. The number of anilines is 1. The molecule has 4 heteroatoms. The van der Waals surface area contributed by atoms with Gasteiger partial charge < -0.3 is 10.3 Å². The highest BCUT2D eigenvalue weighted by atomic mass is 79.9. The number of alkyl halides is 1. The number of aromatic amines is 1. The van der Waals surface area contributed by atoms with Gasteiger partial charge >= 0.3 is 0 Å². The van der Waals surface area contributed by atoms with Crippen LogP contribution in [0.3, 0.4) is 0 Å². The molecule has 3 rings (SSSR count). The van der Waals surface area contributed by atoms with Crippen molar-refractivity contribution in [2.75, 3.05) is 5.32 Å². The second-order valence-electron chi connectivity index (χ2n) is 3.55. The summed E-state index contributed by atoms with van der Waals surface area (Å²) in [6.45, 7) is 0. The molecular formula is C10H10BrN3. The van der Waals surface area contributed by atoms with E-state index in [2.05, 4.69) is 31.2 Å². The lowest BCUT2D eigenvalue weighted by atomic mass is 10.1. The number of halogens is 1. The van der Waals surface area contributed by atoms with Crippen LogP contribution >= 0.6 is 15.9 Å².